The minimum Gasteiger partial charge on any atom is -0.294 e. The number of ketones is 1. The van der Waals surface area contributed by atoms with Gasteiger partial charge in [-0.05, 0) is 18.6 Å². The van der Waals surface area contributed by atoms with Crippen molar-refractivity contribution in [1.82, 2.24) is 4.72 Å². The molecule has 0 fully saturated rings. The smallest absolute Gasteiger partial charge is 0.241 e. The monoisotopic (exact) mass is 279 g/mol. The van der Waals surface area contributed by atoms with Gasteiger partial charge in [0.2, 0.25) is 10.0 Å². The minimum atomic E-state index is -3.69. The largest absolute Gasteiger partial charge is 0.294 e. The van der Waals surface area contributed by atoms with Gasteiger partial charge in [-0.2, -0.15) is 4.72 Å². The molecule has 0 aliphatic heterocycles. The third-order valence-electron chi connectivity index (χ3n) is 2.69. The Labute approximate surface area is 114 Å². The molecule has 0 amide bonds. The highest BCUT2D eigenvalue weighted by Crippen LogP contribution is 2.13. The van der Waals surface area contributed by atoms with Crippen LogP contribution in [0.5, 0.6) is 0 Å². The Morgan fingerprint density at radius 1 is 1.42 bits per heavy atom. The number of hydrogen-bond donors (Lipinski definition) is 1. The summed E-state index contributed by atoms with van der Waals surface area (Å²) in [5.74, 6) is 2.27. The number of Topliss-reactive ketones (excluding diaryl/α,β-unsaturated/α-hetero) is 1. The average molecular weight is 279 g/mol. The molecule has 0 heterocycles. The van der Waals surface area contributed by atoms with Gasteiger partial charge in [-0.15, -0.1) is 6.42 Å². The van der Waals surface area contributed by atoms with Crippen molar-refractivity contribution in [2.45, 2.75) is 37.6 Å². The standard InChI is InChI=1S/C14H17NO3S/c1-4-12(5-2)15-19(17,18)13-9-7-8-11(10-13)14(16)6-3/h1,7-10,12,15H,5-6H2,2-3H3. The molecule has 0 radical (unpaired) electrons. The number of benzene rings is 1. The van der Waals surface area contributed by atoms with E-state index in [1.165, 1.54) is 12.1 Å². The van der Waals surface area contributed by atoms with Gasteiger partial charge in [0.05, 0.1) is 10.9 Å². The SMILES string of the molecule is C#CC(CC)NS(=O)(=O)c1cccc(C(=O)CC)c1. The number of carbonyl (C=O) groups is 1. The van der Waals surface area contributed by atoms with Gasteiger partial charge < -0.3 is 0 Å². The van der Waals surface area contributed by atoms with Crippen LogP contribution in [0, 0.1) is 12.3 Å². The Kier molecular flexibility index (Phi) is 5.28. The number of sulfonamides is 1. The molecule has 0 bridgehead atoms. The van der Waals surface area contributed by atoms with Crippen molar-refractivity contribution in [2.24, 2.45) is 0 Å². The average Bonchev–Trinajstić information content (AvgIpc) is 2.44. The van der Waals surface area contributed by atoms with Crippen LogP contribution in [0.25, 0.3) is 0 Å². The fraction of sp³-hybridized carbons (Fsp3) is 0.357. The molecular weight excluding hydrogens is 262 g/mol. The van der Waals surface area contributed by atoms with E-state index in [0.29, 0.717) is 18.4 Å². The van der Waals surface area contributed by atoms with Crippen LogP contribution < -0.4 is 4.72 Å². The van der Waals surface area contributed by atoms with Crippen LogP contribution in [-0.2, 0) is 10.0 Å². The van der Waals surface area contributed by atoms with Crippen LogP contribution in [0.2, 0.25) is 0 Å². The first kappa shape index (κ1) is 15.4. The molecule has 1 N–H and O–H groups in total. The van der Waals surface area contributed by atoms with Crippen LogP contribution in [0.4, 0.5) is 0 Å². The Hall–Kier alpha value is -1.64. The molecule has 19 heavy (non-hydrogen) atoms. The van der Waals surface area contributed by atoms with Gasteiger partial charge >= 0.3 is 0 Å². The first-order valence-corrected chi connectivity index (χ1v) is 7.54. The summed E-state index contributed by atoms with van der Waals surface area (Å²) in [7, 11) is -3.69. The van der Waals surface area contributed by atoms with Gasteiger partial charge in [0, 0.05) is 12.0 Å². The third-order valence-corrected chi connectivity index (χ3v) is 4.16. The molecule has 1 aromatic rings. The quantitative estimate of drug-likeness (QED) is 0.639. The Morgan fingerprint density at radius 2 is 2.11 bits per heavy atom. The zero-order valence-corrected chi connectivity index (χ0v) is 11.8. The van der Waals surface area contributed by atoms with E-state index in [1.807, 2.05) is 0 Å². The topological polar surface area (TPSA) is 63.2 Å². The highest BCUT2D eigenvalue weighted by atomic mass is 32.2. The fourth-order valence-electron chi connectivity index (χ4n) is 1.53. The molecule has 0 aliphatic rings. The molecule has 1 rings (SSSR count). The summed E-state index contributed by atoms with van der Waals surface area (Å²) >= 11 is 0. The lowest BCUT2D eigenvalue weighted by atomic mass is 10.1. The second kappa shape index (κ2) is 6.50. The van der Waals surface area contributed by atoms with E-state index in [0.717, 1.165) is 0 Å². The molecule has 1 unspecified atom stereocenters. The zero-order chi connectivity index (χ0) is 14.5. The van der Waals surface area contributed by atoms with Crippen molar-refractivity contribution in [3.05, 3.63) is 29.8 Å². The van der Waals surface area contributed by atoms with Crippen molar-refractivity contribution < 1.29 is 13.2 Å². The van der Waals surface area contributed by atoms with E-state index in [9.17, 15) is 13.2 Å². The number of hydrogen-bond acceptors (Lipinski definition) is 3. The lowest BCUT2D eigenvalue weighted by Gasteiger charge is -2.12. The van der Waals surface area contributed by atoms with Gasteiger partial charge in [0.1, 0.15) is 0 Å². The van der Waals surface area contributed by atoms with Crippen LogP contribution in [0.15, 0.2) is 29.2 Å². The number of nitrogens with one attached hydrogen (secondary N) is 1. The summed E-state index contributed by atoms with van der Waals surface area (Å²) < 4.78 is 26.6. The van der Waals surface area contributed by atoms with Gasteiger partial charge in [0.25, 0.3) is 0 Å². The van der Waals surface area contributed by atoms with Crippen molar-refractivity contribution in [1.29, 1.82) is 0 Å². The van der Waals surface area contributed by atoms with E-state index in [-0.39, 0.29) is 10.7 Å². The second-order valence-electron chi connectivity index (χ2n) is 4.05. The summed E-state index contributed by atoms with van der Waals surface area (Å²) in [5.41, 5.74) is 0.388. The van der Waals surface area contributed by atoms with Crippen molar-refractivity contribution in [3.63, 3.8) is 0 Å². The summed E-state index contributed by atoms with van der Waals surface area (Å²) in [6, 6.07) is 5.42. The molecule has 0 spiro atoms. The van der Waals surface area contributed by atoms with Gasteiger partial charge in [-0.3, -0.25) is 4.79 Å². The number of terminal acetylenes is 1. The number of carbonyl (C=O) groups excluding carboxylic acids is 1. The molecule has 0 saturated heterocycles. The Morgan fingerprint density at radius 3 is 2.63 bits per heavy atom. The van der Waals surface area contributed by atoms with Crippen LogP contribution in [0.1, 0.15) is 37.0 Å². The first-order chi connectivity index (χ1) is 8.94. The van der Waals surface area contributed by atoms with Gasteiger partial charge in [0.15, 0.2) is 5.78 Å². The Balaban J connectivity index is 3.09. The summed E-state index contributed by atoms with van der Waals surface area (Å²) in [6.45, 7) is 3.53. The zero-order valence-electron chi connectivity index (χ0n) is 11.0. The van der Waals surface area contributed by atoms with Crippen molar-refractivity contribution in [3.8, 4) is 12.3 Å². The molecule has 0 aromatic heterocycles. The van der Waals surface area contributed by atoms with Crippen LogP contribution in [-0.4, -0.2) is 20.2 Å². The molecule has 0 saturated carbocycles. The second-order valence-corrected chi connectivity index (χ2v) is 5.77. The van der Waals surface area contributed by atoms with Crippen LogP contribution >= 0.6 is 0 Å². The van der Waals surface area contributed by atoms with Crippen molar-refractivity contribution in [2.75, 3.05) is 0 Å². The summed E-state index contributed by atoms with van der Waals surface area (Å²) in [6.07, 6.45) is 6.07. The van der Waals surface area contributed by atoms with Gasteiger partial charge in [-0.1, -0.05) is 31.9 Å². The highest BCUT2D eigenvalue weighted by molar-refractivity contribution is 7.89. The van der Waals surface area contributed by atoms with E-state index < -0.39 is 16.1 Å². The maximum Gasteiger partial charge on any atom is 0.241 e. The minimum absolute atomic E-state index is 0.0560. The van der Waals surface area contributed by atoms with Gasteiger partial charge in [-0.25, -0.2) is 8.42 Å². The fourth-order valence-corrected chi connectivity index (χ4v) is 2.82. The highest BCUT2D eigenvalue weighted by Gasteiger charge is 2.18. The lowest BCUT2D eigenvalue weighted by molar-refractivity contribution is 0.0988. The maximum atomic E-state index is 12.1. The third kappa shape index (κ3) is 3.91. The molecule has 4 nitrogen and oxygen atoms in total. The summed E-state index contributed by atoms with van der Waals surface area (Å²) in [5, 5.41) is 0. The predicted octanol–water partition coefficient (Wildman–Crippen LogP) is 1.97. The summed E-state index contributed by atoms with van der Waals surface area (Å²) in [4.78, 5) is 11.6. The van der Waals surface area contributed by atoms with E-state index in [4.69, 9.17) is 6.42 Å². The van der Waals surface area contributed by atoms with Crippen molar-refractivity contribution >= 4 is 15.8 Å². The van der Waals surface area contributed by atoms with Crippen LogP contribution in [0.3, 0.4) is 0 Å². The molecule has 102 valence electrons. The van der Waals surface area contributed by atoms with E-state index >= 15 is 0 Å². The predicted molar refractivity (Wildman–Crippen MR) is 74.3 cm³/mol. The lowest BCUT2D eigenvalue weighted by Crippen LogP contribution is -2.33. The van der Waals surface area contributed by atoms with E-state index in [2.05, 4.69) is 10.6 Å². The molecule has 0 aliphatic carbocycles. The molecular formula is C14H17NO3S. The molecule has 1 atom stereocenters. The number of rotatable bonds is 6. The normalized spacial score (nSPS) is 12.7. The maximum absolute atomic E-state index is 12.1. The molecule has 5 heteroatoms. The Bertz CT molecular complexity index is 599. The first-order valence-electron chi connectivity index (χ1n) is 6.06. The molecule has 1 aromatic carbocycles. The van der Waals surface area contributed by atoms with E-state index in [1.54, 1.807) is 26.0 Å².